The van der Waals surface area contributed by atoms with Crippen molar-refractivity contribution in [1.29, 1.82) is 0 Å². The number of hydrogen-bond acceptors (Lipinski definition) is 3. The SMILES string of the molecule is NC[C@H]1CCC[C@H]1C(=O)NCC(=O)Nc1ccc(Br)cc1. The summed E-state index contributed by atoms with van der Waals surface area (Å²) in [5.41, 5.74) is 6.38. The van der Waals surface area contributed by atoms with Crippen molar-refractivity contribution < 1.29 is 9.59 Å². The van der Waals surface area contributed by atoms with E-state index in [4.69, 9.17) is 5.73 Å². The van der Waals surface area contributed by atoms with Crippen molar-refractivity contribution in [3.05, 3.63) is 28.7 Å². The summed E-state index contributed by atoms with van der Waals surface area (Å²) in [5, 5.41) is 5.45. The maximum absolute atomic E-state index is 12.1. The number of benzene rings is 1. The van der Waals surface area contributed by atoms with Crippen LogP contribution in [0.4, 0.5) is 5.69 Å². The van der Waals surface area contributed by atoms with Crippen LogP contribution in [0.2, 0.25) is 0 Å². The maximum Gasteiger partial charge on any atom is 0.243 e. The van der Waals surface area contributed by atoms with Crippen molar-refractivity contribution >= 4 is 33.4 Å². The standard InChI is InChI=1S/C15H20BrN3O2/c16-11-4-6-12(7-5-11)19-14(20)9-18-15(21)13-3-1-2-10(13)8-17/h4-7,10,13H,1-3,8-9,17H2,(H,18,21)(H,19,20)/t10-,13-/m1/s1. The van der Waals surface area contributed by atoms with Crippen molar-refractivity contribution in [3.63, 3.8) is 0 Å². The first-order valence-corrected chi connectivity index (χ1v) is 7.92. The summed E-state index contributed by atoms with van der Waals surface area (Å²) in [6.07, 6.45) is 2.90. The van der Waals surface area contributed by atoms with Crippen LogP contribution >= 0.6 is 15.9 Å². The zero-order valence-electron chi connectivity index (χ0n) is 11.8. The maximum atomic E-state index is 12.1. The van der Waals surface area contributed by atoms with E-state index in [2.05, 4.69) is 26.6 Å². The highest BCUT2D eigenvalue weighted by Crippen LogP contribution is 2.30. The highest BCUT2D eigenvalue weighted by Gasteiger charge is 2.31. The Labute approximate surface area is 132 Å². The lowest BCUT2D eigenvalue weighted by atomic mass is 9.95. The highest BCUT2D eigenvalue weighted by atomic mass is 79.9. The van der Waals surface area contributed by atoms with E-state index in [1.807, 2.05) is 12.1 Å². The van der Waals surface area contributed by atoms with Gasteiger partial charge in [0.2, 0.25) is 11.8 Å². The van der Waals surface area contributed by atoms with E-state index in [9.17, 15) is 9.59 Å². The number of carbonyl (C=O) groups is 2. The van der Waals surface area contributed by atoms with Crippen molar-refractivity contribution in [3.8, 4) is 0 Å². The topological polar surface area (TPSA) is 84.2 Å². The van der Waals surface area contributed by atoms with Crippen molar-refractivity contribution in [2.45, 2.75) is 19.3 Å². The number of anilines is 1. The number of nitrogens with two attached hydrogens (primary N) is 1. The lowest BCUT2D eigenvalue weighted by molar-refractivity contribution is -0.128. The first-order valence-electron chi connectivity index (χ1n) is 7.13. The van der Waals surface area contributed by atoms with Gasteiger partial charge >= 0.3 is 0 Å². The number of halogens is 1. The van der Waals surface area contributed by atoms with Crippen LogP contribution in [0.5, 0.6) is 0 Å². The molecule has 1 aromatic carbocycles. The lowest BCUT2D eigenvalue weighted by Crippen LogP contribution is -2.39. The fraction of sp³-hybridized carbons (Fsp3) is 0.467. The van der Waals surface area contributed by atoms with E-state index in [-0.39, 0.29) is 30.2 Å². The molecule has 2 atom stereocenters. The molecule has 0 aromatic heterocycles. The molecule has 2 rings (SSSR count). The third-order valence-corrected chi connectivity index (χ3v) is 4.38. The van der Waals surface area contributed by atoms with E-state index in [1.54, 1.807) is 12.1 Å². The van der Waals surface area contributed by atoms with E-state index in [0.717, 1.165) is 23.7 Å². The summed E-state index contributed by atoms with van der Waals surface area (Å²) >= 11 is 3.33. The molecule has 2 amide bonds. The molecule has 5 nitrogen and oxygen atoms in total. The van der Waals surface area contributed by atoms with E-state index < -0.39 is 0 Å². The normalized spacial score (nSPS) is 21.0. The van der Waals surface area contributed by atoms with Crippen molar-refractivity contribution in [1.82, 2.24) is 5.32 Å². The second kappa shape index (κ2) is 7.56. The Bertz CT molecular complexity index is 504. The molecule has 1 aliphatic carbocycles. The van der Waals surface area contributed by atoms with Gasteiger partial charge in [0, 0.05) is 16.1 Å². The molecule has 114 valence electrons. The van der Waals surface area contributed by atoms with Crippen LogP contribution in [0.15, 0.2) is 28.7 Å². The molecule has 0 unspecified atom stereocenters. The molecule has 1 aliphatic rings. The zero-order valence-corrected chi connectivity index (χ0v) is 13.4. The first kappa shape index (κ1) is 16.0. The summed E-state index contributed by atoms with van der Waals surface area (Å²) in [4.78, 5) is 23.9. The van der Waals surface area contributed by atoms with Crippen LogP contribution in [0.25, 0.3) is 0 Å². The lowest BCUT2D eigenvalue weighted by Gasteiger charge is -2.17. The minimum absolute atomic E-state index is 0.0112. The summed E-state index contributed by atoms with van der Waals surface area (Å²) in [6, 6.07) is 7.29. The van der Waals surface area contributed by atoms with Crippen LogP contribution in [0.3, 0.4) is 0 Å². The van der Waals surface area contributed by atoms with Gasteiger partial charge in [0.1, 0.15) is 0 Å². The van der Waals surface area contributed by atoms with Gasteiger partial charge in [0.25, 0.3) is 0 Å². The summed E-state index contributed by atoms with van der Waals surface area (Å²) in [6.45, 7) is 0.520. The van der Waals surface area contributed by atoms with Gasteiger partial charge in [-0.1, -0.05) is 22.4 Å². The minimum Gasteiger partial charge on any atom is -0.347 e. The predicted molar refractivity (Wildman–Crippen MR) is 85.7 cm³/mol. The smallest absolute Gasteiger partial charge is 0.243 e. The number of rotatable bonds is 5. The molecule has 0 bridgehead atoms. The fourth-order valence-electron chi connectivity index (χ4n) is 2.70. The monoisotopic (exact) mass is 353 g/mol. The second-order valence-electron chi connectivity index (χ2n) is 5.31. The molecule has 0 radical (unpaired) electrons. The Morgan fingerprint density at radius 3 is 2.62 bits per heavy atom. The van der Waals surface area contributed by atoms with Gasteiger partial charge in [-0.25, -0.2) is 0 Å². The Balaban J connectivity index is 1.78. The second-order valence-corrected chi connectivity index (χ2v) is 6.22. The highest BCUT2D eigenvalue weighted by molar-refractivity contribution is 9.10. The third-order valence-electron chi connectivity index (χ3n) is 3.85. The largest absolute Gasteiger partial charge is 0.347 e. The Morgan fingerprint density at radius 2 is 1.95 bits per heavy atom. The van der Waals surface area contributed by atoms with Gasteiger partial charge in [0.05, 0.1) is 6.54 Å². The average Bonchev–Trinajstić information content (AvgIpc) is 2.96. The van der Waals surface area contributed by atoms with Gasteiger partial charge in [0.15, 0.2) is 0 Å². The Kier molecular flexibility index (Phi) is 5.76. The van der Waals surface area contributed by atoms with Crippen LogP contribution in [-0.2, 0) is 9.59 Å². The van der Waals surface area contributed by atoms with Crippen molar-refractivity contribution in [2.24, 2.45) is 17.6 Å². The number of hydrogen-bond donors (Lipinski definition) is 3. The molecular weight excluding hydrogens is 334 g/mol. The molecule has 4 N–H and O–H groups in total. The van der Waals surface area contributed by atoms with Gasteiger partial charge in [-0.15, -0.1) is 0 Å². The number of carbonyl (C=O) groups excluding carboxylic acids is 2. The first-order chi connectivity index (χ1) is 10.1. The van der Waals surface area contributed by atoms with E-state index in [0.29, 0.717) is 12.2 Å². The van der Waals surface area contributed by atoms with Crippen LogP contribution in [0.1, 0.15) is 19.3 Å². The third kappa shape index (κ3) is 4.54. The molecule has 1 aromatic rings. The molecule has 1 saturated carbocycles. The zero-order chi connectivity index (χ0) is 15.2. The minimum atomic E-state index is -0.229. The molecule has 21 heavy (non-hydrogen) atoms. The van der Waals surface area contributed by atoms with Gasteiger partial charge in [-0.3, -0.25) is 9.59 Å². The van der Waals surface area contributed by atoms with Gasteiger partial charge in [-0.2, -0.15) is 0 Å². The fourth-order valence-corrected chi connectivity index (χ4v) is 2.97. The molecule has 0 spiro atoms. The van der Waals surface area contributed by atoms with Crippen LogP contribution in [-0.4, -0.2) is 24.9 Å². The molecule has 6 heteroatoms. The predicted octanol–water partition coefficient (Wildman–Crippen LogP) is 1.88. The number of amides is 2. The summed E-state index contributed by atoms with van der Waals surface area (Å²) in [7, 11) is 0. The van der Waals surface area contributed by atoms with E-state index in [1.165, 1.54) is 0 Å². The Morgan fingerprint density at radius 1 is 1.24 bits per heavy atom. The van der Waals surface area contributed by atoms with Gasteiger partial charge < -0.3 is 16.4 Å². The quantitative estimate of drug-likeness (QED) is 0.755. The molecule has 0 heterocycles. The Hall–Kier alpha value is -1.40. The van der Waals surface area contributed by atoms with Gasteiger partial charge in [-0.05, 0) is 49.6 Å². The van der Waals surface area contributed by atoms with Crippen LogP contribution in [0, 0.1) is 11.8 Å². The summed E-state index contributed by atoms with van der Waals surface area (Å²) < 4.78 is 0.947. The molecule has 1 fully saturated rings. The molecular formula is C15H20BrN3O2. The average molecular weight is 354 g/mol. The summed E-state index contributed by atoms with van der Waals surface area (Å²) in [5.74, 6) is -0.0862. The number of nitrogens with one attached hydrogen (secondary N) is 2. The molecule has 0 aliphatic heterocycles. The van der Waals surface area contributed by atoms with E-state index >= 15 is 0 Å². The van der Waals surface area contributed by atoms with Crippen molar-refractivity contribution in [2.75, 3.05) is 18.4 Å². The molecule has 0 saturated heterocycles. The van der Waals surface area contributed by atoms with Crippen LogP contribution < -0.4 is 16.4 Å².